The number of urea groups is 1. The molecule has 150 valence electrons. The number of nitrogens with zero attached hydrogens (tertiary/aromatic N) is 2. The highest BCUT2D eigenvalue weighted by molar-refractivity contribution is 5.74. The molecule has 1 aliphatic rings. The van der Waals surface area contributed by atoms with Gasteiger partial charge in [-0.05, 0) is 49.5 Å². The Kier molecular flexibility index (Phi) is 7.06. The van der Waals surface area contributed by atoms with Crippen LogP contribution in [0, 0.1) is 5.92 Å². The Bertz CT molecular complexity index is 738. The average Bonchev–Trinajstić information content (AvgIpc) is 2.73. The number of likely N-dealkylation sites (tertiary alicyclic amines) is 1. The number of rotatable bonds is 6. The number of carbonyl (C=O) groups excluding carboxylic acids is 1. The zero-order valence-electron chi connectivity index (χ0n) is 16.8. The van der Waals surface area contributed by atoms with Crippen molar-refractivity contribution in [1.82, 2.24) is 15.1 Å². The first-order valence-corrected chi connectivity index (χ1v) is 10.0. The summed E-state index contributed by atoms with van der Waals surface area (Å²) in [5.74, 6) is 0.204. The van der Waals surface area contributed by atoms with Crippen LogP contribution in [0.2, 0.25) is 0 Å². The molecule has 1 aliphatic heterocycles. The first-order valence-electron chi connectivity index (χ1n) is 10.0. The van der Waals surface area contributed by atoms with Crippen LogP contribution in [0.3, 0.4) is 0 Å². The predicted molar refractivity (Wildman–Crippen MR) is 112 cm³/mol. The maximum Gasteiger partial charge on any atom is 0.317 e. The Morgan fingerprint density at radius 1 is 1.07 bits per heavy atom. The third kappa shape index (κ3) is 5.57. The first kappa shape index (κ1) is 20.4. The quantitative estimate of drug-likeness (QED) is 0.806. The molecule has 0 saturated carbocycles. The molecule has 0 bridgehead atoms. The fourth-order valence-electron chi connectivity index (χ4n) is 3.76. The van der Waals surface area contributed by atoms with E-state index in [1.807, 2.05) is 35.2 Å². The number of hydrogen-bond donors (Lipinski definition) is 2. The van der Waals surface area contributed by atoms with Gasteiger partial charge in [0.25, 0.3) is 0 Å². The van der Waals surface area contributed by atoms with E-state index in [0.717, 1.165) is 30.5 Å². The molecule has 1 fully saturated rings. The number of amides is 2. The van der Waals surface area contributed by atoms with Crippen molar-refractivity contribution in [2.75, 3.05) is 27.2 Å². The Hall–Kier alpha value is -2.37. The Balaban J connectivity index is 1.44. The van der Waals surface area contributed by atoms with E-state index >= 15 is 0 Å². The SMILES string of the molecule is CN(C)Cc1ccc(CNC(=O)N2CCC(C(O)c3ccccc3)CC2)cc1. The summed E-state index contributed by atoms with van der Waals surface area (Å²) >= 11 is 0. The van der Waals surface area contributed by atoms with E-state index in [-0.39, 0.29) is 11.9 Å². The number of nitrogens with one attached hydrogen (secondary N) is 1. The van der Waals surface area contributed by atoms with E-state index in [9.17, 15) is 9.90 Å². The summed E-state index contributed by atoms with van der Waals surface area (Å²) in [6, 6.07) is 18.1. The van der Waals surface area contributed by atoms with Crippen LogP contribution in [0.4, 0.5) is 4.79 Å². The zero-order chi connectivity index (χ0) is 19.9. The number of aliphatic hydroxyl groups is 1. The Labute approximate surface area is 168 Å². The van der Waals surface area contributed by atoms with E-state index in [1.54, 1.807) is 0 Å². The molecule has 1 saturated heterocycles. The van der Waals surface area contributed by atoms with Crippen molar-refractivity contribution >= 4 is 6.03 Å². The van der Waals surface area contributed by atoms with E-state index < -0.39 is 6.10 Å². The van der Waals surface area contributed by atoms with Crippen LogP contribution >= 0.6 is 0 Å². The van der Waals surface area contributed by atoms with Crippen LogP contribution in [0.15, 0.2) is 54.6 Å². The molecule has 2 amide bonds. The molecule has 3 rings (SSSR count). The number of aliphatic hydroxyl groups excluding tert-OH is 1. The molecular weight excluding hydrogens is 350 g/mol. The van der Waals surface area contributed by atoms with E-state index in [4.69, 9.17) is 0 Å². The molecule has 2 aromatic rings. The van der Waals surface area contributed by atoms with E-state index in [1.165, 1.54) is 5.56 Å². The van der Waals surface area contributed by atoms with Crippen molar-refractivity contribution in [2.24, 2.45) is 5.92 Å². The summed E-state index contributed by atoms with van der Waals surface area (Å²) in [5, 5.41) is 13.6. The summed E-state index contributed by atoms with van der Waals surface area (Å²) in [6.07, 6.45) is 1.19. The van der Waals surface area contributed by atoms with Gasteiger partial charge in [-0.3, -0.25) is 0 Å². The van der Waals surface area contributed by atoms with Crippen LogP contribution < -0.4 is 5.32 Å². The van der Waals surface area contributed by atoms with Crippen molar-refractivity contribution in [3.05, 3.63) is 71.3 Å². The van der Waals surface area contributed by atoms with Crippen molar-refractivity contribution in [1.29, 1.82) is 0 Å². The molecule has 1 heterocycles. The summed E-state index contributed by atoms with van der Waals surface area (Å²) in [7, 11) is 4.10. The fraction of sp³-hybridized carbons (Fsp3) is 0.435. The van der Waals surface area contributed by atoms with Gasteiger partial charge < -0.3 is 20.2 Å². The summed E-state index contributed by atoms with van der Waals surface area (Å²) in [6.45, 7) is 2.81. The largest absolute Gasteiger partial charge is 0.388 e. The lowest BCUT2D eigenvalue weighted by Crippen LogP contribution is -2.44. The molecule has 5 nitrogen and oxygen atoms in total. The molecule has 2 aromatic carbocycles. The first-order chi connectivity index (χ1) is 13.5. The van der Waals surface area contributed by atoms with Gasteiger partial charge in [-0.15, -0.1) is 0 Å². The second kappa shape index (κ2) is 9.71. The number of piperidine rings is 1. The minimum absolute atomic E-state index is 0.0231. The van der Waals surface area contributed by atoms with Gasteiger partial charge in [0.05, 0.1) is 6.10 Å². The molecule has 0 aromatic heterocycles. The maximum atomic E-state index is 12.5. The molecule has 1 atom stereocenters. The average molecular weight is 382 g/mol. The van der Waals surface area contributed by atoms with Crippen LogP contribution in [0.25, 0.3) is 0 Å². The van der Waals surface area contributed by atoms with Crippen LogP contribution in [0.5, 0.6) is 0 Å². The van der Waals surface area contributed by atoms with Gasteiger partial charge in [0.1, 0.15) is 0 Å². The second-order valence-corrected chi connectivity index (χ2v) is 7.89. The van der Waals surface area contributed by atoms with Gasteiger partial charge in [0, 0.05) is 26.2 Å². The molecular formula is C23H31N3O2. The normalized spacial score (nSPS) is 16.2. The van der Waals surface area contributed by atoms with Crippen molar-refractivity contribution < 1.29 is 9.90 Å². The summed E-state index contributed by atoms with van der Waals surface area (Å²) < 4.78 is 0. The van der Waals surface area contributed by atoms with Gasteiger partial charge in [-0.2, -0.15) is 0 Å². The van der Waals surface area contributed by atoms with E-state index in [0.29, 0.717) is 19.6 Å². The molecule has 0 spiro atoms. The zero-order valence-corrected chi connectivity index (χ0v) is 16.8. The van der Waals surface area contributed by atoms with Crippen molar-refractivity contribution in [2.45, 2.75) is 32.0 Å². The summed E-state index contributed by atoms with van der Waals surface area (Å²) in [4.78, 5) is 16.5. The molecule has 28 heavy (non-hydrogen) atoms. The lowest BCUT2D eigenvalue weighted by atomic mass is 9.87. The monoisotopic (exact) mass is 381 g/mol. The van der Waals surface area contributed by atoms with Crippen LogP contribution in [0.1, 0.15) is 35.6 Å². The smallest absolute Gasteiger partial charge is 0.317 e. The van der Waals surface area contributed by atoms with Crippen molar-refractivity contribution in [3.8, 4) is 0 Å². The van der Waals surface area contributed by atoms with Crippen LogP contribution in [-0.2, 0) is 13.1 Å². The Morgan fingerprint density at radius 3 is 2.29 bits per heavy atom. The van der Waals surface area contributed by atoms with Crippen LogP contribution in [-0.4, -0.2) is 48.1 Å². The molecule has 0 aliphatic carbocycles. The van der Waals surface area contributed by atoms with Gasteiger partial charge >= 0.3 is 6.03 Å². The second-order valence-electron chi connectivity index (χ2n) is 7.89. The lowest BCUT2D eigenvalue weighted by Gasteiger charge is -2.34. The standard InChI is InChI=1S/C23H31N3O2/c1-25(2)17-19-10-8-18(9-11-19)16-24-23(28)26-14-12-21(13-15-26)22(27)20-6-4-3-5-7-20/h3-11,21-22,27H,12-17H2,1-2H3,(H,24,28). The maximum absolute atomic E-state index is 12.5. The third-order valence-corrected chi connectivity index (χ3v) is 5.38. The fourth-order valence-corrected chi connectivity index (χ4v) is 3.76. The highest BCUT2D eigenvalue weighted by atomic mass is 16.3. The minimum Gasteiger partial charge on any atom is -0.388 e. The number of hydrogen-bond acceptors (Lipinski definition) is 3. The number of benzene rings is 2. The molecule has 2 N–H and O–H groups in total. The lowest BCUT2D eigenvalue weighted by molar-refractivity contribution is 0.0665. The molecule has 5 heteroatoms. The predicted octanol–water partition coefficient (Wildman–Crippen LogP) is 3.40. The van der Waals surface area contributed by atoms with E-state index in [2.05, 4.69) is 48.6 Å². The van der Waals surface area contributed by atoms with Gasteiger partial charge in [0.2, 0.25) is 0 Å². The van der Waals surface area contributed by atoms with Gasteiger partial charge in [0.15, 0.2) is 0 Å². The van der Waals surface area contributed by atoms with Crippen molar-refractivity contribution in [3.63, 3.8) is 0 Å². The highest BCUT2D eigenvalue weighted by Gasteiger charge is 2.28. The Morgan fingerprint density at radius 2 is 1.68 bits per heavy atom. The molecule has 1 unspecified atom stereocenters. The summed E-state index contributed by atoms with van der Waals surface area (Å²) in [5.41, 5.74) is 3.33. The highest BCUT2D eigenvalue weighted by Crippen LogP contribution is 2.30. The third-order valence-electron chi connectivity index (χ3n) is 5.38. The topological polar surface area (TPSA) is 55.8 Å². The molecule has 0 radical (unpaired) electrons. The minimum atomic E-state index is -0.452. The number of carbonyl (C=O) groups is 1. The van der Waals surface area contributed by atoms with Gasteiger partial charge in [-0.25, -0.2) is 4.79 Å². The van der Waals surface area contributed by atoms with Gasteiger partial charge in [-0.1, -0.05) is 54.6 Å².